The molecule has 1 atom stereocenters. The predicted octanol–water partition coefficient (Wildman–Crippen LogP) is 5.36. The van der Waals surface area contributed by atoms with E-state index in [4.69, 9.17) is 23.2 Å². The maximum absolute atomic E-state index is 12.1. The van der Waals surface area contributed by atoms with Gasteiger partial charge in [0.05, 0.1) is 0 Å². The topological polar surface area (TPSA) is 29.1 Å². The maximum Gasteiger partial charge on any atom is 0.255 e. The predicted molar refractivity (Wildman–Crippen MR) is 90.3 cm³/mol. The molecule has 0 saturated heterocycles. The lowest BCUT2D eigenvalue weighted by atomic mass is 10.1. The average molecular weight is 385 g/mol. The van der Waals surface area contributed by atoms with Crippen LogP contribution in [0.1, 0.15) is 28.3 Å². The Morgan fingerprint density at radius 2 is 1.86 bits per heavy atom. The van der Waals surface area contributed by atoms with Gasteiger partial charge in [-0.05, 0) is 42.3 Å². The van der Waals surface area contributed by atoms with Gasteiger partial charge in [0.2, 0.25) is 0 Å². The molecule has 1 aliphatic carbocycles. The van der Waals surface area contributed by atoms with E-state index in [1.54, 1.807) is 12.1 Å². The van der Waals surface area contributed by atoms with E-state index in [1.807, 2.05) is 36.4 Å². The molecule has 2 aromatic carbocycles. The Bertz CT molecular complexity index is 685. The molecule has 1 amide bonds. The number of nitrogens with one attached hydrogen (secondary N) is 1. The van der Waals surface area contributed by atoms with Crippen molar-refractivity contribution in [1.82, 2.24) is 0 Å². The van der Waals surface area contributed by atoms with Crippen LogP contribution in [0.5, 0.6) is 0 Å². The number of alkyl halides is 2. The van der Waals surface area contributed by atoms with Gasteiger partial charge in [-0.3, -0.25) is 4.79 Å². The molecule has 0 radical (unpaired) electrons. The molecule has 21 heavy (non-hydrogen) atoms. The summed E-state index contributed by atoms with van der Waals surface area (Å²) in [7, 11) is 0. The van der Waals surface area contributed by atoms with Gasteiger partial charge in [-0.2, -0.15) is 0 Å². The van der Waals surface area contributed by atoms with Crippen LogP contribution in [0.25, 0.3) is 0 Å². The zero-order valence-electron chi connectivity index (χ0n) is 10.9. The fourth-order valence-corrected chi connectivity index (χ4v) is 3.17. The van der Waals surface area contributed by atoms with Crippen LogP contribution in [0.3, 0.4) is 0 Å². The molecule has 0 aliphatic heterocycles. The molecule has 0 unspecified atom stereocenters. The van der Waals surface area contributed by atoms with Crippen LogP contribution in [-0.2, 0) is 0 Å². The van der Waals surface area contributed by atoms with Crippen molar-refractivity contribution in [1.29, 1.82) is 0 Å². The zero-order valence-corrected chi connectivity index (χ0v) is 14.0. The van der Waals surface area contributed by atoms with E-state index in [9.17, 15) is 4.79 Å². The third-order valence-corrected chi connectivity index (χ3v) is 4.81. The van der Waals surface area contributed by atoms with E-state index in [-0.39, 0.29) is 11.8 Å². The van der Waals surface area contributed by atoms with E-state index in [1.165, 1.54) is 0 Å². The number of carbonyl (C=O) groups excluding carboxylic acids is 1. The van der Waals surface area contributed by atoms with Gasteiger partial charge < -0.3 is 5.32 Å². The van der Waals surface area contributed by atoms with Crippen molar-refractivity contribution in [2.45, 2.75) is 16.7 Å². The summed E-state index contributed by atoms with van der Waals surface area (Å²) in [5.74, 6) is 0.0511. The van der Waals surface area contributed by atoms with Gasteiger partial charge in [0.15, 0.2) is 0 Å². The second kappa shape index (κ2) is 5.64. The number of halogens is 3. The molecule has 2 nitrogen and oxygen atoms in total. The first-order valence-corrected chi connectivity index (χ1v) is 8.05. The van der Waals surface area contributed by atoms with E-state index in [0.29, 0.717) is 5.56 Å². The van der Waals surface area contributed by atoms with Crippen LogP contribution >= 0.6 is 39.1 Å². The Morgan fingerprint density at radius 1 is 1.19 bits per heavy atom. The average Bonchev–Trinajstić information content (AvgIpc) is 3.08. The molecule has 108 valence electrons. The smallest absolute Gasteiger partial charge is 0.255 e. The van der Waals surface area contributed by atoms with Gasteiger partial charge in [-0.15, -0.1) is 23.2 Å². The largest absolute Gasteiger partial charge is 0.322 e. The van der Waals surface area contributed by atoms with Gasteiger partial charge in [0.25, 0.3) is 5.91 Å². The molecule has 1 fully saturated rings. The number of benzene rings is 2. The van der Waals surface area contributed by atoms with Gasteiger partial charge in [-0.1, -0.05) is 34.1 Å². The normalized spacial score (nSPS) is 19.1. The lowest BCUT2D eigenvalue weighted by Gasteiger charge is -2.07. The first-order chi connectivity index (χ1) is 9.95. The SMILES string of the molecule is O=C(Nc1ccc([C@H]2CC2(Cl)Cl)cc1)c1cccc(Br)c1. The van der Waals surface area contributed by atoms with E-state index >= 15 is 0 Å². The monoisotopic (exact) mass is 383 g/mol. The molecule has 5 heteroatoms. The van der Waals surface area contributed by atoms with Crippen molar-refractivity contribution in [3.63, 3.8) is 0 Å². The molecule has 2 aromatic rings. The molecule has 3 rings (SSSR count). The van der Waals surface area contributed by atoms with Crippen LogP contribution in [0, 0.1) is 0 Å². The Kier molecular flexibility index (Phi) is 4.00. The third kappa shape index (κ3) is 3.42. The molecule has 0 bridgehead atoms. The quantitative estimate of drug-likeness (QED) is 0.708. The van der Waals surface area contributed by atoms with Gasteiger partial charge in [-0.25, -0.2) is 0 Å². The second-order valence-corrected chi connectivity index (χ2v) is 7.56. The van der Waals surface area contributed by atoms with E-state index < -0.39 is 4.33 Å². The molecule has 1 N–H and O–H groups in total. The lowest BCUT2D eigenvalue weighted by molar-refractivity contribution is 0.102. The molecular formula is C16H12BrCl2NO. The number of hydrogen-bond acceptors (Lipinski definition) is 1. The summed E-state index contributed by atoms with van der Waals surface area (Å²) in [6.45, 7) is 0. The van der Waals surface area contributed by atoms with Crippen LogP contribution in [0.4, 0.5) is 5.69 Å². The highest BCUT2D eigenvalue weighted by Crippen LogP contribution is 2.59. The maximum atomic E-state index is 12.1. The summed E-state index contributed by atoms with van der Waals surface area (Å²) in [6, 6.07) is 14.9. The molecule has 1 saturated carbocycles. The summed E-state index contributed by atoms with van der Waals surface area (Å²) in [4.78, 5) is 12.1. The fraction of sp³-hybridized carbons (Fsp3) is 0.188. The summed E-state index contributed by atoms with van der Waals surface area (Å²) >= 11 is 15.5. The van der Waals surface area contributed by atoms with Crippen molar-refractivity contribution in [3.8, 4) is 0 Å². The molecule has 0 aromatic heterocycles. The lowest BCUT2D eigenvalue weighted by Crippen LogP contribution is -2.11. The van der Waals surface area contributed by atoms with Crippen molar-refractivity contribution < 1.29 is 4.79 Å². The summed E-state index contributed by atoms with van der Waals surface area (Å²) < 4.78 is 0.251. The zero-order chi connectivity index (χ0) is 15.0. The number of hydrogen-bond donors (Lipinski definition) is 1. The van der Waals surface area contributed by atoms with Crippen LogP contribution in [0.2, 0.25) is 0 Å². The van der Waals surface area contributed by atoms with Crippen molar-refractivity contribution in [2.24, 2.45) is 0 Å². The fourth-order valence-electron chi connectivity index (χ4n) is 2.21. The minimum absolute atomic E-state index is 0.139. The highest BCUT2D eigenvalue weighted by molar-refractivity contribution is 9.10. The highest BCUT2D eigenvalue weighted by atomic mass is 79.9. The van der Waals surface area contributed by atoms with Gasteiger partial charge in [0, 0.05) is 21.6 Å². The van der Waals surface area contributed by atoms with Crippen molar-refractivity contribution >= 4 is 50.7 Å². The minimum Gasteiger partial charge on any atom is -0.322 e. The van der Waals surface area contributed by atoms with Crippen molar-refractivity contribution in [2.75, 3.05) is 5.32 Å². The third-order valence-electron chi connectivity index (χ3n) is 3.48. The standard InChI is InChI=1S/C16H12BrCl2NO/c17-12-3-1-2-11(8-12)15(21)20-13-6-4-10(5-7-13)14-9-16(14,18)19/h1-8,14H,9H2,(H,20,21)/t14-/m1/s1. The van der Waals surface area contributed by atoms with Gasteiger partial charge >= 0.3 is 0 Å². The van der Waals surface area contributed by atoms with Crippen molar-refractivity contribution in [3.05, 3.63) is 64.1 Å². The first-order valence-electron chi connectivity index (χ1n) is 6.50. The number of anilines is 1. The van der Waals surface area contributed by atoms with Crippen LogP contribution < -0.4 is 5.32 Å². The van der Waals surface area contributed by atoms with Crippen LogP contribution in [0.15, 0.2) is 53.0 Å². The minimum atomic E-state index is -0.624. The first kappa shape index (κ1) is 14.9. The Morgan fingerprint density at radius 3 is 2.43 bits per heavy atom. The number of rotatable bonds is 3. The summed E-state index contributed by atoms with van der Waals surface area (Å²) in [5.41, 5.74) is 2.45. The molecule has 0 heterocycles. The van der Waals surface area contributed by atoms with E-state index in [0.717, 1.165) is 22.1 Å². The summed E-state index contributed by atoms with van der Waals surface area (Å²) in [5, 5.41) is 2.87. The number of carbonyl (C=O) groups is 1. The number of amides is 1. The summed E-state index contributed by atoms with van der Waals surface area (Å²) in [6.07, 6.45) is 0.778. The highest BCUT2D eigenvalue weighted by Gasteiger charge is 2.52. The van der Waals surface area contributed by atoms with Crippen LogP contribution in [-0.4, -0.2) is 10.2 Å². The molecule has 0 spiro atoms. The Balaban J connectivity index is 1.69. The van der Waals surface area contributed by atoms with E-state index in [2.05, 4.69) is 21.2 Å². The Labute approximate surface area is 141 Å². The van der Waals surface area contributed by atoms with Gasteiger partial charge in [0.1, 0.15) is 4.33 Å². The molecule has 1 aliphatic rings. The Hall–Kier alpha value is -1.03. The molecular weight excluding hydrogens is 373 g/mol. The second-order valence-electron chi connectivity index (χ2n) is 5.10.